The number of methoxy groups -OCH3 is 2. The summed E-state index contributed by atoms with van der Waals surface area (Å²) < 4.78 is 11.6. The Labute approximate surface area is 124 Å². The quantitative estimate of drug-likeness (QED) is 0.712. The summed E-state index contributed by atoms with van der Waals surface area (Å²) in [6.45, 7) is 6.11. The molecule has 0 aliphatic rings. The van der Waals surface area contributed by atoms with E-state index in [9.17, 15) is 9.59 Å². The summed E-state index contributed by atoms with van der Waals surface area (Å²) in [7, 11) is 3.20. The summed E-state index contributed by atoms with van der Waals surface area (Å²) in [6.07, 6.45) is 0.283. The fraction of sp³-hybridized carbons (Fsp3) is 0.714. The van der Waals surface area contributed by atoms with Gasteiger partial charge in [-0.15, -0.1) is 0 Å². The van der Waals surface area contributed by atoms with Crippen molar-refractivity contribution in [2.45, 2.75) is 26.8 Å². The average molecular weight is 299 g/mol. The zero-order chi connectivity index (χ0) is 15.8. The molecule has 120 valence electrons. The number of carbonyl (C=O) groups excluding carboxylic acids is 1. The molecule has 1 heterocycles. The van der Waals surface area contributed by atoms with Crippen LogP contribution in [0.2, 0.25) is 0 Å². The monoisotopic (exact) mass is 299 g/mol. The second kappa shape index (κ2) is 8.63. The van der Waals surface area contributed by atoms with Gasteiger partial charge in [0.15, 0.2) is 0 Å². The molecule has 1 aromatic heterocycles. The van der Waals surface area contributed by atoms with Crippen molar-refractivity contribution in [3.8, 4) is 0 Å². The number of hydrogen-bond acceptors (Lipinski definition) is 4. The summed E-state index contributed by atoms with van der Waals surface area (Å²) in [5, 5.41) is 0. The van der Waals surface area contributed by atoms with Crippen molar-refractivity contribution in [1.82, 2.24) is 14.5 Å². The molecule has 7 nitrogen and oxygen atoms in total. The van der Waals surface area contributed by atoms with Gasteiger partial charge < -0.3 is 19.4 Å². The summed E-state index contributed by atoms with van der Waals surface area (Å²) in [6, 6.07) is 0. The van der Waals surface area contributed by atoms with E-state index in [2.05, 4.69) is 4.98 Å². The van der Waals surface area contributed by atoms with E-state index < -0.39 is 0 Å². The second-order valence-corrected chi connectivity index (χ2v) is 4.91. The third-order valence-electron chi connectivity index (χ3n) is 3.52. The van der Waals surface area contributed by atoms with Gasteiger partial charge in [-0.1, -0.05) is 0 Å². The van der Waals surface area contributed by atoms with Gasteiger partial charge in [0.1, 0.15) is 0 Å². The Kier molecular flexibility index (Phi) is 7.18. The first-order valence-electron chi connectivity index (χ1n) is 7.03. The van der Waals surface area contributed by atoms with Crippen LogP contribution in [0.4, 0.5) is 0 Å². The van der Waals surface area contributed by atoms with Crippen LogP contribution in [-0.2, 0) is 20.8 Å². The van der Waals surface area contributed by atoms with Gasteiger partial charge in [0.25, 0.3) is 0 Å². The molecule has 7 heteroatoms. The number of H-pyrrole nitrogens is 1. The maximum Gasteiger partial charge on any atom is 0.325 e. The summed E-state index contributed by atoms with van der Waals surface area (Å²) in [5.41, 5.74) is 1.54. The van der Waals surface area contributed by atoms with Crippen molar-refractivity contribution in [3.63, 3.8) is 0 Å². The second-order valence-electron chi connectivity index (χ2n) is 4.91. The van der Waals surface area contributed by atoms with Crippen molar-refractivity contribution < 1.29 is 14.3 Å². The predicted octanol–water partition coefficient (Wildman–Crippen LogP) is 0.305. The zero-order valence-electron chi connectivity index (χ0n) is 13.3. The average Bonchev–Trinajstić information content (AvgIpc) is 2.70. The molecule has 0 unspecified atom stereocenters. The number of ether oxygens (including phenoxy) is 2. The van der Waals surface area contributed by atoms with Crippen LogP contribution in [0.3, 0.4) is 0 Å². The largest absolute Gasteiger partial charge is 0.383 e. The van der Waals surface area contributed by atoms with E-state index in [0.717, 1.165) is 11.4 Å². The molecule has 0 aromatic carbocycles. The van der Waals surface area contributed by atoms with E-state index in [-0.39, 0.29) is 18.0 Å². The lowest BCUT2D eigenvalue weighted by molar-refractivity contribution is -0.132. The van der Waals surface area contributed by atoms with Gasteiger partial charge in [0.2, 0.25) is 5.91 Å². The standard InChI is InChI=1S/C14H25N3O4/c1-11-12(2)17(14(19)15-11)6-5-13(18)16(7-9-20-3)8-10-21-4/h5-10H2,1-4H3,(H,15,19). The number of amides is 1. The predicted molar refractivity (Wildman–Crippen MR) is 79.5 cm³/mol. The number of aromatic amines is 1. The van der Waals surface area contributed by atoms with Gasteiger partial charge in [-0.05, 0) is 13.8 Å². The Bertz CT molecular complexity index is 499. The molecule has 0 spiro atoms. The molecule has 0 bridgehead atoms. The first-order valence-corrected chi connectivity index (χ1v) is 7.03. The molecule has 1 aromatic rings. The van der Waals surface area contributed by atoms with E-state index in [1.54, 1.807) is 23.7 Å². The van der Waals surface area contributed by atoms with Gasteiger partial charge in [-0.2, -0.15) is 0 Å². The van der Waals surface area contributed by atoms with Crippen molar-refractivity contribution >= 4 is 5.91 Å². The smallest absolute Gasteiger partial charge is 0.325 e. The maximum absolute atomic E-state index is 12.2. The topological polar surface area (TPSA) is 76.6 Å². The number of aryl methyl sites for hydroxylation is 1. The Hall–Kier alpha value is -1.60. The Morgan fingerprint density at radius 1 is 1.19 bits per heavy atom. The highest BCUT2D eigenvalue weighted by atomic mass is 16.5. The van der Waals surface area contributed by atoms with Crippen molar-refractivity contribution in [2.75, 3.05) is 40.5 Å². The van der Waals surface area contributed by atoms with Gasteiger partial charge in [-0.3, -0.25) is 9.36 Å². The molecule has 0 radical (unpaired) electrons. The molecule has 1 rings (SSSR count). The van der Waals surface area contributed by atoms with Crippen LogP contribution in [0.1, 0.15) is 17.8 Å². The first kappa shape index (κ1) is 17.5. The molecular formula is C14H25N3O4. The number of nitrogens with one attached hydrogen (secondary N) is 1. The number of imidazole rings is 1. The lowest BCUT2D eigenvalue weighted by Gasteiger charge is -2.22. The fourth-order valence-electron chi connectivity index (χ4n) is 2.07. The van der Waals surface area contributed by atoms with Crippen LogP contribution in [0.25, 0.3) is 0 Å². The number of carbonyl (C=O) groups is 1. The fourth-order valence-corrected chi connectivity index (χ4v) is 2.07. The summed E-state index contributed by atoms with van der Waals surface area (Å²) in [5.74, 6) is -0.00532. The van der Waals surface area contributed by atoms with E-state index in [1.165, 1.54) is 0 Å². The van der Waals surface area contributed by atoms with E-state index in [1.807, 2.05) is 13.8 Å². The molecule has 0 fully saturated rings. The highest BCUT2D eigenvalue weighted by molar-refractivity contribution is 5.76. The highest BCUT2D eigenvalue weighted by Gasteiger charge is 2.14. The van der Waals surface area contributed by atoms with Gasteiger partial charge in [0.05, 0.1) is 13.2 Å². The number of hydrogen-bond donors (Lipinski definition) is 1. The van der Waals surface area contributed by atoms with Gasteiger partial charge in [0, 0.05) is 51.7 Å². The Morgan fingerprint density at radius 2 is 1.76 bits per heavy atom. The molecule has 0 saturated carbocycles. The first-order chi connectivity index (χ1) is 10.0. The van der Waals surface area contributed by atoms with Crippen molar-refractivity contribution in [3.05, 3.63) is 21.9 Å². The van der Waals surface area contributed by atoms with Crippen LogP contribution in [0, 0.1) is 13.8 Å². The van der Waals surface area contributed by atoms with Crippen LogP contribution in [-0.4, -0.2) is 60.9 Å². The van der Waals surface area contributed by atoms with Crippen molar-refractivity contribution in [2.24, 2.45) is 0 Å². The minimum atomic E-state index is -0.168. The van der Waals surface area contributed by atoms with Crippen LogP contribution >= 0.6 is 0 Å². The minimum absolute atomic E-state index is 0.00532. The zero-order valence-corrected chi connectivity index (χ0v) is 13.3. The van der Waals surface area contributed by atoms with Crippen LogP contribution in [0.5, 0.6) is 0 Å². The van der Waals surface area contributed by atoms with E-state index in [4.69, 9.17) is 9.47 Å². The summed E-state index contributed by atoms with van der Waals surface area (Å²) in [4.78, 5) is 28.4. The lowest BCUT2D eigenvalue weighted by atomic mass is 10.3. The molecular weight excluding hydrogens is 274 g/mol. The number of nitrogens with zero attached hydrogens (tertiary/aromatic N) is 2. The number of rotatable bonds is 9. The van der Waals surface area contributed by atoms with E-state index in [0.29, 0.717) is 32.8 Å². The molecule has 1 N–H and O–H groups in total. The molecule has 0 atom stereocenters. The Balaban J connectivity index is 2.61. The maximum atomic E-state index is 12.2. The third kappa shape index (κ3) is 5.02. The minimum Gasteiger partial charge on any atom is -0.383 e. The molecule has 0 aliphatic carbocycles. The normalized spacial score (nSPS) is 10.9. The lowest BCUT2D eigenvalue weighted by Crippen LogP contribution is -2.37. The Morgan fingerprint density at radius 3 is 2.19 bits per heavy atom. The third-order valence-corrected chi connectivity index (χ3v) is 3.52. The van der Waals surface area contributed by atoms with Crippen molar-refractivity contribution in [1.29, 1.82) is 0 Å². The van der Waals surface area contributed by atoms with Gasteiger partial charge in [-0.25, -0.2) is 4.79 Å². The highest BCUT2D eigenvalue weighted by Crippen LogP contribution is 2.03. The number of aromatic nitrogens is 2. The molecule has 1 amide bonds. The van der Waals surface area contributed by atoms with Crippen LogP contribution < -0.4 is 5.69 Å². The van der Waals surface area contributed by atoms with Crippen LogP contribution in [0.15, 0.2) is 4.79 Å². The SMILES string of the molecule is COCCN(CCOC)C(=O)CCn1c(C)c(C)[nH]c1=O. The summed E-state index contributed by atoms with van der Waals surface area (Å²) >= 11 is 0. The molecule has 0 aliphatic heterocycles. The van der Waals surface area contributed by atoms with Gasteiger partial charge >= 0.3 is 5.69 Å². The molecule has 21 heavy (non-hydrogen) atoms. The van der Waals surface area contributed by atoms with E-state index >= 15 is 0 Å². The molecule has 0 saturated heterocycles.